The van der Waals surface area contributed by atoms with Gasteiger partial charge in [-0.25, -0.2) is 4.98 Å². The molecule has 2 unspecified atom stereocenters. The van der Waals surface area contributed by atoms with Crippen LogP contribution in [0.4, 0.5) is 5.82 Å². The third-order valence-electron chi connectivity index (χ3n) is 3.82. The second kappa shape index (κ2) is 4.49. The highest BCUT2D eigenvalue weighted by Gasteiger charge is 2.33. The van der Waals surface area contributed by atoms with Gasteiger partial charge in [0.2, 0.25) is 0 Å². The Balaban J connectivity index is 1.83. The molecule has 0 bridgehead atoms. The molecule has 3 rings (SSSR count). The highest BCUT2D eigenvalue weighted by Crippen LogP contribution is 2.27. The predicted octanol–water partition coefficient (Wildman–Crippen LogP) is 0.491. The maximum atomic E-state index is 11.3. The minimum absolute atomic E-state index is 0.0694. The number of hydrogen-bond donors (Lipinski definition) is 2. The van der Waals surface area contributed by atoms with E-state index < -0.39 is 0 Å². The molecule has 2 atom stereocenters. The summed E-state index contributed by atoms with van der Waals surface area (Å²) < 4.78 is 0. The number of nitrogens with one attached hydrogen (secondary N) is 2. The van der Waals surface area contributed by atoms with Crippen molar-refractivity contribution in [2.45, 2.75) is 37.8 Å². The van der Waals surface area contributed by atoms with E-state index in [1.165, 1.54) is 32.0 Å². The summed E-state index contributed by atoms with van der Waals surface area (Å²) >= 11 is 0. The van der Waals surface area contributed by atoms with Crippen LogP contribution in [-0.4, -0.2) is 35.1 Å². The lowest BCUT2D eigenvalue weighted by molar-refractivity contribution is 0.480. The van der Waals surface area contributed by atoms with E-state index in [-0.39, 0.29) is 5.56 Å². The summed E-state index contributed by atoms with van der Waals surface area (Å²) in [5.41, 5.74) is -0.0694. The maximum absolute atomic E-state index is 11.3. The predicted molar refractivity (Wildman–Crippen MR) is 66.3 cm³/mol. The minimum Gasteiger partial charge on any atom is -0.352 e. The Morgan fingerprint density at radius 2 is 2.29 bits per heavy atom. The van der Waals surface area contributed by atoms with E-state index in [0.717, 1.165) is 18.9 Å². The van der Waals surface area contributed by atoms with Gasteiger partial charge in [0.05, 0.1) is 6.33 Å². The summed E-state index contributed by atoms with van der Waals surface area (Å²) in [7, 11) is 0. The molecule has 0 radical (unpaired) electrons. The Kier molecular flexibility index (Phi) is 2.84. The number of aromatic nitrogens is 2. The molecule has 0 aromatic carbocycles. The zero-order chi connectivity index (χ0) is 11.7. The number of aromatic amines is 1. The average Bonchev–Trinajstić information content (AvgIpc) is 3.00. The summed E-state index contributed by atoms with van der Waals surface area (Å²) in [6.07, 6.45) is 6.39. The van der Waals surface area contributed by atoms with Crippen LogP contribution in [0.15, 0.2) is 17.2 Å². The van der Waals surface area contributed by atoms with Crippen molar-refractivity contribution in [1.29, 1.82) is 0 Å². The Morgan fingerprint density at radius 1 is 1.35 bits per heavy atom. The molecule has 2 aliphatic rings. The molecule has 1 aromatic heterocycles. The van der Waals surface area contributed by atoms with Crippen LogP contribution >= 0.6 is 0 Å². The van der Waals surface area contributed by atoms with Gasteiger partial charge < -0.3 is 15.2 Å². The fourth-order valence-electron chi connectivity index (χ4n) is 3.05. The second-order valence-electron chi connectivity index (χ2n) is 4.88. The molecule has 2 aliphatic heterocycles. The van der Waals surface area contributed by atoms with Crippen molar-refractivity contribution in [2.75, 3.05) is 18.0 Å². The molecule has 0 saturated carbocycles. The SMILES string of the molecule is O=c1cc(N2CCCC2C2CCCN2)nc[nH]1. The summed E-state index contributed by atoms with van der Waals surface area (Å²) in [6.45, 7) is 2.14. The van der Waals surface area contributed by atoms with Crippen molar-refractivity contribution in [1.82, 2.24) is 15.3 Å². The smallest absolute Gasteiger partial charge is 0.252 e. The number of H-pyrrole nitrogens is 1. The lowest BCUT2D eigenvalue weighted by Crippen LogP contribution is -2.44. The molecule has 3 heterocycles. The van der Waals surface area contributed by atoms with Gasteiger partial charge in [0.15, 0.2) is 0 Å². The molecule has 17 heavy (non-hydrogen) atoms. The van der Waals surface area contributed by atoms with Crippen molar-refractivity contribution >= 4 is 5.82 Å². The molecular formula is C12H18N4O. The molecule has 92 valence electrons. The zero-order valence-electron chi connectivity index (χ0n) is 9.85. The standard InChI is InChI=1S/C12H18N4O/c17-12-7-11(14-8-15-12)16-6-2-4-10(16)9-3-1-5-13-9/h7-10,13H,1-6H2,(H,14,15,17). The molecule has 0 amide bonds. The van der Waals surface area contributed by atoms with E-state index in [4.69, 9.17) is 0 Å². The third-order valence-corrected chi connectivity index (χ3v) is 3.82. The van der Waals surface area contributed by atoms with Crippen LogP contribution in [-0.2, 0) is 0 Å². The summed E-state index contributed by atoms with van der Waals surface area (Å²) in [4.78, 5) is 20.5. The Labute approximate surface area is 100 Å². The quantitative estimate of drug-likeness (QED) is 0.782. The largest absolute Gasteiger partial charge is 0.352 e. The van der Waals surface area contributed by atoms with Gasteiger partial charge in [-0.15, -0.1) is 0 Å². The van der Waals surface area contributed by atoms with Gasteiger partial charge in [-0.1, -0.05) is 0 Å². The van der Waals surface area contributed by atoms with Gasteiger partial charge in [-0.3, -0.25) is 4.79 Å². The van der Waals surface area contributed by atoms with Crippen LogP contribution in [0, 0.1) is 0 Å². The lowest BCUT2D eigenvalue weighted by Gasteiger charge is -2.30. The third kappa shape index (κ3) is 2.07. The van der Waals surface area contributed by atoms with Crippen molar-refractivity contribution in [3.05, 3.63) is 22.7 Å². The summed E-state index contributed by atoms with van der Waals surface area (Å²) in [5.74, 6) is 0.824. The fourth-order valence-corrected chi connectivity index (χ4v) is 3.05. The molecule has 2 fully saturated rings. The first kappa shape index (κ1) is 10.8. The molecular weight excluding hydrogens is 216 g/mol. The minimum atomic E-state index is -0.0694. The van der Waals surface area contributed by atoms with Gasteiger partial charge in [0.25, 0.3) is 5.56 Å². The first-order valence-corrected chi connectivity index (χ1v) is 6.39. The highest BCUT2D eigenvalue weighted by atomic mass is 16.1. The first-order chi connectivity index (χ1) is 8.34. The van der Waals surface area contributed by atoms with Gasteiger partial charge in [0, 0.05) is 24.7 Å². The average molecular weight is 234 g/mol. The van der Waals surface area contributed by atoms with E-state index >= 15 is 0 Å². The number of anilines is 1. The highest BCUT2D eigenvalue weighted by molar-refractivity contribution is 5.40. The normalized spacial score (nSPS) is 28.8. The summed E-state index contributed by atoms with van der Waals surface area (Å²) in [5, 5.41) is 3.56. The van der Waals surface area contributed by atoms with E-state index in [1.807, 2.05) is 0 Å². The van der Waals surface area contributed by atoms with Gasteiger partial charge >= 0.3 is 0 Å². The molecule has 5 nitrogen and oxygen atoms in total. The molecule has 0 spiro atoms. The van der Waals surface area contributed by atoms with Crippen LogP contribution in [0.3, 0.4) is 0 Å². The van der Waals surface area contributed by atoms with E-state index in [2.05, 4.69) is 20.2 Å². The van der Waals surface area contributed by atoms with Crippen LogP contribution in [0.25, 0.3) is 0 Å². The first-order valence-electron chi connectivity index (χ1n) is 6.39. The topological polar surface area (TPSA) is 61.0 Å². The zero-order valence-corrected chi connectivity index (χ0v) is 9.85. The van der Waals surface area contributed by atoms with E-state index in [0.29, 0.717) is 12.1 Å². The number of hydrogen-bond acceptors (Lipinski definition) is 4. The van der Waals surface area contributed by atoms with Crippen molar-refractivity contribution in [2.24, 2.45) is 0 Å². The molecule has 2 N–H and O–H groups in total. The van der Waals surface area contributed by atoms with Crippen LogP contribution in [0.1, 0.15) is 25.7 Å². The number of rotatable bonds is 2. The monoisotopic (exact) mass is 234 g/mol. The molecule has 0 aliphatic carbocycles. The lowest BCUT2D eigenvalue weighted by atomic mass is 10.0. The Hall–Kier alpha value is -1.36. The van der Waals surface area contributed by atoms with Crippen molar-refractivity contribution in [3.63, 3.8) is 0 Å². The van der Waals surface area contributed by atoms with E-state index in [1.54, 1.807) is 6.07 Å². The second-order valence-corrected chi connectivity index (χ2v) is 4.88. The number of nitrogens with zero attached hydrogens (tertiary/aromatic N) is 2. The fraction of sp³-hybridized carbons (Fsp3) is 0.667. The van der Waals surface area contributed by atoms with Crippen LogP contribution < -0.4 is 15.8 Å². The van der Waals surface area contributed by atoms with Gasteiger partial charge in [-0.2, -0.15) is 0 Å². The molecule has 5 heteroatoms. The van der Waals surface area contributed by atoms with Gasteiger partial charge in [0.1, 0.15) is 5.82 Å². The van der Waals surface area contributed by atoms with Gasteiger partial charge in [-0.05, 0) is 32.2 Å². The van der Waals surface area contributed by atoms with E-state index in [9.17, 15) is 4.79 Å². The maximum Gasteiger partial charge on any atom is 0.252 e. The Morgan fingerprint density at radius 3 is 3.06 bits per heavy atom. The summed E-state index contributed by atoms with van der Waals surface area (Å²) in [6, 6.07) is 2.68. The molecule has 1 aromatic rings. The van der Waals surface area contributed by atoms with Crippen molar-refractivity contribution < 1.29 is 0 Å². The van der Waals surface area contributed by atoms with Crippen LogP contribution in [0.2, 0.25) is 0 Å². The Bertz CT molecular complexity index is 438. The molecule has 2 saturated heterocycles. The van der Waals surface area contributed by atoms with Crippen molar-refractivity contribution in [3.8, 4) is 0 Å². The van der Waals surface area contributed by atoms with Crippen LogP contribution in [0.5, 0.6) is 0 Å².